The minimum absolute atomic E-state index is 0.231. The van der Waals surface area contributed by atoms with Gasteiger partial charge in [0.25, 0.3) is 11.8 Å². The van der Waals surface area contributed by atoms with Crippen LogP contribution in [0.1, 0.15) is 20.8 Å². The Bertz CT molecular complexity index is 926. The molecule has 0 bridgehead atoms. The fourth-order valence-corrected chi connectivity index (χ4v) is 2.99. The number of rotatable bonds is 4. The zero-order valence-corrected chi connectivity index (χ0v) is 13.8. The lowest BCUT2D eigenvalue weighted by molar-refractivity contribution is 0.100. The number of carbonyl (C=O) groups is 2. The molecule has 3 N–H and O–H groups in total. The Balaban J connectivity index is 1.83. The van der Waals surface area contributed by atoms with Crippen LogP contribution in [0.3, 0.4) is 0 Å². The number of hydrogen-bond donors (Lipinski definition) is 2. The number of nitrogens with two attached hydrogens (primary N) is 1. The highest BCUT2D eigenvalue weighted by Crippen LogP contribution is 2.25. The molecule has 3 rings (SSSR count). The minimum atomic E-state index is -0.616. The van der Waals surface area contributed by atoms with Crippen LogP contribution >= 0.6 is 22.9 Å². The van der Waals surface area contributed by atoms with Crippen LogP contribution in [0.2, 0.25) is 5.02 Å². The molecule has 2 heterocycles. The highest BCUT2D eigenvalue weighted by atomic mass is 35.5. The lowest BCUT2D eigenvalue weighted by Crippen LogP contribution is -2.18. The Morgan fingerprint density at radius 3 is 2.75 bits per heavy atom. The van der Waals surface area contributed by atoms with Gasteiger partial charge in [0.2, 0.25) is 0 Å². The van der Waals surface area contributed by atoms with Crippen molar-refractivity contribution in [1.82, 2.24) is 9.97 Å². The second kappa shape index (κ2) is 6.77. The van der Waals surface area contributed by atoms with Gasteiger partial charge in [0.1, 0.15) is 10.7 Å². The second-order valence-corrected chi connectivity index (χ2v) is 6.09. The molecule has 0 aliphatic heterocycles. The number of para-hydroxylation sites is 1. The summed E-state index contributed by atoms with van der Waals surface area (Å²) in [4.78, 5) is 32.0. The predicted octanol–water partition coefficient (Wildman–Crippen LogP) is 3.21. The molecule has 0 aliphatic rings. The molecular formula is C16H11ClN4O2S. The van der Waals surface area contributed by atoms with Gasteiger partial charge < -0.3 is 11.1 Å². The Morgan fingerprint density at radius 1 is 1.21 bits per heavy atom. The number of amides is 2. The van der Waals surface area contributed by atoms with E-state index in [0.717, 1.165) is 5.56 Å². The first kappa shape index (κ1) is 16.1. The van der Waals surface area contributed by atoms with E-state index in [4.69, 9.17) is 17.3 Å². The molecule has 0 radical (unpaired) electrons. The molecule has 24 heavy (non-hydrogen) atoms. The average molecular weight is 359 g/mol. The minimum Gasteiger partial charge on any atom is -0.366 e. The van der Waals surface area contributed by atoms with Gasteiger partial charge in [0.05, 0.1) is 16.3 Å². The van der Waals surface area contributed by atoms with Crippen LogP contribution < -0.4 is 11.1 Å². The smallest absolute Gasteiger partial charge is 0.275 e. The van der Waals surface area contributed by atoms with Gasteiger partial charge in [-0.05, 0) is 18.2 Å². The summed E-state index contributed by atoms with van der Waals surface area (Å²) in [7, 11) is 0. The van der Waals surface area contributed by atoms with E-state index in [9.17, 15) is 9.59 Å². The number of pyridine rings is 1. The van der Waals surface area contributed by atoms with Crippen LogP contribution in [0.25, 0.3) is 10.6 Å². The molecule has 2 amide bonds. The number of aromatic nitrogens is 2. The zero-order chi connectivity index (χ0) is 17.1. The van der Waals surface area contributed by atoms with E-state index in [0.29, 0.717) is 15.7 Å². The van der Waals surface area contributed by atoms with Gasteiger partial charge >= 0.3 is 0 Å². The summed E-state index contributed by atoms with van der Waals surface area (Å²) in [6.45, 7) is 0. The highest BCUT2D eigenvalue weighted by molar-refractivity contribution is 7.13. The fraction of sp³-hybridized carbons (Fsp3) is 0. The molecule has 0 fully saturated rings. The van der Waals surface area contributed by atoms with Gasteiger partial charge in [0, 0.05) is 23.3 Å². The van der Waals surface area contributed by atoms with E-state index in [-0.39, 0.29) is 11.3 Å². The summed E-state index contributed by atoms with van der Waals surface area (Å²) in [5.74, 6) is -1.05. The molecule has 120 valence electrons. The number of nitrogens with one attached hydrogen (secondary N) is 1. The van der Waals surface area contributed by atoms with Crippen molar-refractivity contribution in [3.05, 3.63) is 64.4 Å². The third-order valence-electron chi connectivity index (χ3n) is 3.13. The van der Waals surface area contributed by atoms with E-state index in [1.807, 2.05) is 0 Å². The van der Waals surface area contributed by atoms with Crippen molar-refractivity contribution in [1.29, 1.82) is 0 Å². The highest BCUT2D eigenvalue weighted by Gasteiger charge is 2.15. The average Bonchev–Trinajstić information content (AvgIpc) is 3.05. The van der Waals surface area contributed by atoms with Gasteiger partial charge in [-0.15, -0.1) is 11.3 Å². The maximum absolute atomic E-state index is 12.3. The molecular weight excluding hydrogens is 348 g/mol. The number of hydrogen-bond acceptors (Lipinski definition) is 5. The van der Waals surface area contributed by atoms with Crippen molar-refractivity contribution in [3.8, 4) is 10.6 Å². The molecule has 1 aromatic carbocycles. The summed E-state index contributed by atoms with van der Waals surface area (Å²) in [5.41, 5.74) is 6.83. The molecule has 0 atom stereocenters. The van der Waals surface area contributed by atoms with Gasteiger partial charge in [-0.25, -0.2) is 4.98 Å². The molecule has 8 heteroatoms. The first-order valence-electron chi connectivity index (χ1n) is 6.81. The zero-order valence-electron chi connectivity index (χ0n) is 12.2. The predicted molar refractivity (Wildman–Crippen MR) is 93.3 cm³/mol. The summed E-state index contributed by atoms with van der Waals surface area (Å²) in [6, 6.07) is 8.24. The number of benzene rings is 1. The first-order chi connectivity index (χ1) is 11.5. The third-order valence-corrected chi connectivity index (χ3v) is 4.23. The molecule has 0 aliphatic carbocycles. The van der Waals surface area contributed by atoms with E-state index in [1.165, 1.54) is 17.5 Å². The molecule has 2 aromatic heterocycles. The quantitative estimate of drug-likeness (QED) is 0.748. The first-order valence-corrected chi connectivity index (χ1v) is 8.07. The maximum atomic E-state index is 12.3. The van der Waals surface area contributed by atoms with Gasteiger partial charge in [0.15, 0.2) is 0 Å². The van der Waals surface area contributed by atoms with Gasteiger partial charge in [-0.3, -0.25) is 14.6 Å². The summed E-state index contributed by atoms with van der Waals surface area (Å²) in [5, 5.41) is 5.38. The maximum Gasteiger partial charge on any atom is 0.275 e. The second-order valence-electron chi connectivity index (χ2n) is 4.79. The Labute approximate surface area is 146 Å². The van der Waals surface area contributed by atoms with Crippen molar-refractivity contribution >= 4 is 40.4 Å². The Kier molecular flexibility index (Phi) is 4.54. The fourth-order valence-electron chi connectivity index (χ4n) is 2.03. The van der Waals surface area contributed by atoms with Crippen LogP contribution in [-0.2, 0) is 0 Å². The molecule has 6 nitrogen and oxygen atoms in total. The van der Waals surface area contributed by atoms with E-state index in [1.54, 1.807) is 41.9 Å². The Hall–Kier alpha value is -2.77. The number of anilines is 1. The van der Waals surface area contributed by atoms with E-state index >= 15 is 0 Å². The van der Waals surface area contributed by atoms with Crippen LogP contribution in [0, 0.1) is 0 Å². The van der Waals surface area contributed by atoms with Gasteiger partial charge in [-0.1, -0.05) is 23.7 Å². The number of carbonyl (C=O) groups excluding carboxylic acids is 2. The lowest BCUT2D eigenvalue weighted by atomic mass is 10.1. The van der Waals surface area contributed by atoms with E-state index < -0.39 is 11.8 Å². The van der Waals surface area contributed by atoms with Crippen molar-refractivity contribution in [2.24, 2.45) is 5.73 Å². The van der Waals surface area contributed by atoms with Crippen molar-refractivity contribution in [2.75, 3.05) is 5.32 Å². The van der Waals surface area contributed by atoms with Crippen LogP contribution in [0.4, 0.5) is 5.69 Å². The molecule has 3 aromatic rings. The van der Waals surface area contributed by atoms with Gasteiger partial charge in [-0.2, -0.15) is 0 Å². The normalized spacial score (nSPS) is 10.4. The van der Waals surface area contributed by atoms with Crippen LogP contribution in [0.15, 0.2) is 48.1 Å². The molecule has 0 saturated carbocycles. The number of halogens is 1. The summed E-state index contributed by atoms with van der Waals surface area (Å²) < 4.78 is 0. The molecule has 0 spiro atoms. The third kappa shape index (κ3) is 3.42. The monoisotopic (exact) mass is 358 g/mol. The summed E-state index contributed by atoms with van der Waals surface area (Å²) in [6.07, 6.45) is 3.14. The van der Waals surface area contributed by atoms with Crippen LogP contribution in [0.5, 0.6) is 0 Å². The molecule has 0 unspecified atom stereocenters. The largest absolute Gasteiger partial charge is 0.366 e. The number of thiazole rings is 1. The van der Waals surface area contributed by atoms with Crippen molar-refractivity contribution in [3.63, 3.8) is 0 Å². The summed E-state index contributed by atoms with van der Waals surface area (Å²) >= 11 is 7.21. The lowest BCUT2D eigenvalue weighted by Gasteiger charge is -2.07. The Morgan fingerprint density at radius 2 is 2.00 bits per heavy atom. The number of primary amides is 1. The SMILES string of the molecule is NC(=O)c1ccccc1NC(=O)c1csc(-c2cncc(Cl)c2)n1. The van der Waals surface area contributed by atoms with Crippen LogP contribution in [-0.4, -0.2) is 21.8 Å². The van der Waals surface area contributed by atoms with E-state index in [2.05, 4.69) is 15.3 Å². The topological polar surface area (TPSA) is 98.0 Å². The molecule has 0 saturated heterocycles. The van der Waals surface area contributed by atoms with Crippen molar-refractivity contribution in [2.45, 2.75) is 0 Å². The number of nitrogens with zero attached hydrogens (tertiary/aromatic N) is 2. The standard InChI is InChI=1S/C16H11ClN4O2S/c17-10-5-9(6-19-7-10)16-21-13(8-24-16)15(23)20-12-4-2-1-3-11(12)14(18)22/h1-8H,(H2,18,22)(H,20,23). The van der Waals surface area contributed by atoms with Crippen molar-refractivity contribution < 1.29 is 9.59 Å².